The van der Waals surface area contributed by atoms with E-state index < -0.39 is 0 Å². The zero-order chi connectivity index (χ0) is 19.8. The third-order valence-electron chi connectivity index (χ3n) is 4.69. The van der Waals surface area contributed by atoms with Crippen LogP contribution in [0.3, 0.4) is 0 Å². The fraction of sp³-hybridized carbons (Fsp3) is 0.227. The van der Waals surface area contributed by atoms with E-state index in [0.29, 0.717) is 35.0 Å². The van der Waals surface area contributed by atoms with E-state index in [9.17, 15) is 4.79 Å². The van der Waals surface area contributed by atoms with Crippen molar-refractivity contribution in [2.45, 2.75) is 20.8 Å². The Morgan fingerprint density at radius 3 is 2.36 bits per heavy atom. The number of aromatic nitrogens is 3. The van der Waals surface area contributed by atoms with Crippen LogP contribution >= 0.6 is 0 Å². The lowest BCUT2D eigenvalue weighted by Gasteiger charge is -2.09. The number of benzene rings is 2. The zero-order valence-electron chi connectivity index (χ0n) is 16.2. The number of amides is 1. The summed E-state index contributed by atoms with van der Waals surface area (Å²) in [5.41, 5.74) is 11.4. The molecule has 4 aromatic rings. The van der Waals surface area contributed by atoms with Gasteiger partial charge in [0.05, 0.1) is 11.0 Å². The van der Waals surface area contributed by atoms with E-state index in [1.54, 1.807) is 4.57 Å². The number of nitrogen functional groups attached to an aromatic ring is 1. The largest absolute Gasteiger partial charge is 0.384 e. The quantitative estimate of drug-likeness (QED) is 0.569. The van der Waals surface area contributed by atoms with Crippen LogP contribution in [-0.4, -0.2) is 27.0 Å². The van der Waals surface area contributed by atoms with Crippen LogP contribution in [0.25, 0.3) is 27.9 Å². The van der Waals surface area contributed by atoms with Crippen LogP contribution in [0.5, 0.6) is 0 Å². The smallest absolute Gasteiger partial charge is 0.257 e. The highest BCUT2D eigenvalue weighted by molar-refractivity contribution is 6.11. The molecule has 2 aromatic heterocycles. The molecule has 0 radical (unpaired) electrons. The number of aryl methyl sites for hydroxylation is 1. The lowest BCUT2D eigenvalue weighted by Crippen LogP contribution is -2.28. The molecule has 28 heavy (non-hydrogen) atoms. The van der Waals surface area contributed by atoms with Crippen LogP contribution in [0.4, 0.5) is 5.82 Å². The Kier molecular flexibility index (Phi) is 4.47. The normalized spacial score (nSPS) is 11.4. The molecule has 0 saturated carbocycles. The number of nitrogens with two attached hydrogens (primary N) is 1. The number of carbonyl (C=O) groups excluding carboxylic acids is 1. The first-order valence-electron chi connectivity index (χ1n) is 9.37. The first kappa shape index (κ1) is 18.0. The molecule has 0 aliphatic heterocycles. The van der Waals surface area contributed by atoms with Crippen LogP contribution in [0.15, 0.2) is 48.5 Å². The zero-order valence-corrected chi connectivity index (χ0v) is 16.2. The molecular weight excluding hydrogens is 350 g/mol. The Bertz CT molecular complexity index is 1180. The molecule has 0 atom stereocenters. The van der Waals surface area contributed by atoms with Gasteiger partial charge < -0.3 is 11.1 Å². The van der Waals surface area contributed by atoms with Crippen molar-refractivity contribution in [1.29, 1.82) is 0 Å². The molecule has 0 saturated heterocycles. The fourth-order valence-electron chi connectivity index (χ4n) is 3.23. The molecule has 0 fully saturated rings. The maximum Gasteiger partial charge on any atom is 0.257 e. The van der Waals surface area contributed by atoms with Crippen molar-refractivity contribution in [1.82, 2.24) is 19.9 Å². The van der Waals surface area contributed by atoms with Gasteiger partial charge in [0.15, 0.2) is 5.65 Å². The van der Waals surface area contributed by atoms with Gasteiger partial charge in [-0.05, 0) is 37.1 Å². The highest BCUT2D eigenvalue weighted by atomic mass is 16.1. The van der Waals surface area contributed by atoms with Crippen molar-refractivity contribution in [2.75, 3.05) is 12.3 Å². The molecule has 1 amide bonds. The summed E-state index contributed by atoms with van der Waals surface area (Å²) >= 11 is 0. The van der Waals surface area contributed by atoms with Gasteiger partial charge >= 0.3 is 0 Å². The van der Waals surface area contributed by atoms with Gasteiger partial charge in [-0.1, -0.05) is 43.7 Å². The summed E-state index contributed by atoms with van der Waals surface area (Å²) in [7, 11) is 0. The van der Waals surface area contributed by atoms with Gasteiger partial charge in [0.25, 0.3) is 5.91 Å². The molecule has 0 unspecified atom stereocenters. The van der Waals surface area contributed by atoms with E-state index in [-0.39, 0.29) is 5.91 Å². The van der Waals surface area contributed by atoms with Crippen LogP contribution in [-0.2, 0) is 0 Å². The van der Waals surface area contributed by atoms with Crippen molar-refractivity contribution in [3.05, 3.63) is 59.7 Å². The number of hydrogen-bond donors (Lipinski definition) is 2. The molecule has 4 rings (SSSR count). The first-order chi connectivity index (χ1) is 13.5. The molecule has 142 valence electrons. The van der Waals surface area contributed by atoms with E-state index in [1.165, 1.54) is 0 Å². The van der Waals surface area contributed by atoms with Gasteiger partial charge in [-0.15, -0.1) is 0 Å². The average molecular weight is 373 g/mol. The van der Waals surface area contributed by atoms with Crippen molar-refractivity contribution in [2.24, 2.45) is 5.92 Å². The number of para-hydroxylation sites is 2. The first-order valence-corrected chi connectivity index (χ1v) is 9.37. The minimum Gasteiger partial charge on any atom is -0.384 e. The van der Waals surface area contributed by atoms with E-state index in [4.69, 9.17) is 15.7 Å². The number of anilines is 1. The Morgan fingerprint density at radius 1 is 1.07 bits per heavy atom. The average Bonchev–Trinajstić information content (AvgIpc) is 2.96. The van der Waals surface area contributed by atoms with Crippen molar-refractivity contribution < 1.29 is 4.79 Å². The minimum atomic E-state index is -0.230. The summed E-state index contributed by atoms with van der Waals surface area (Å²) in [5, 5.41) is 2.95. The van der Waals surface area contributed by atoms with Gasteiger partial charge in [-0.2, -0.15) is 0 Å². The van der Waals surface area contributed by atoms with Crippen LogP contribution < -0.4 is 11.1 Å². The maximum atomic E-state index is 12.9. The topological polar surface area (TPSA) is 85.8 Å². The van der Waals surface area contributed by atoms with Crippen molar-refractivity contribution in [3.63, 3.8) is 0 Å². The van der Waals surface area contributed by atoms with Gasteiger partial charge in [0.2, 0.25) is 0 Å². The summed E-state index contributed by atoms with van der Waals surface area (Å²) in [4.78, 5) is 22.4. The molecular formula is C22H23N5O. The predicted molar refractivity (Wildman–Crippen MR) is 113 cm³/mol. The molecule has 2 aromatic carbocycles. The van der Waals surface area contributed by atoms with Crippen LogP contribution in [0.1, 0.15) is 29.8 Å². The molecule has 2 heterocycles. The second-order valence-corrected chi connectivity index (χ2v) is 7.42. The molecule has 0 bridgehead atoms. The molecule has 6 heteroatoms. The number of fused-ring (bicyclic) bond motifs is 2. The monoisotopic (exact) mass is 373 g/mol. The number of rotatable bonds is 4. The third kappa shape index (κ3) is 3.07. The summed E-state index contributed by atoms with van der Waals surface area (Å²) < 4.78 is 1.80. The molecule has 0 aliphatic carbocycles. The second-order valence-electron chi connectivity index (χ2n) is 7.42. The van der Waals surface area contributed by atoms with E-state index >= 15 is 0 Å². The van der Waals surface area contributed by atoms with E-state index in [0.717, 1.165) is 22.3 Å². The Balaban J connectivity index is 1.99. The summed E-state index contributed by atoms with van der Waals surface area (Å²) in [5.74, 6) is 0.449. The fourth-order valence-corrected chi connectivity index (χ4v) is 3.23. The van der Waals surface area contributed by atoms with Crippen molar-refractivity contribution in [3.8, 4) is 5.69 Å². The highest BCUT2D eigenvalue weighted by Gasteiger charge is 2.24. The lowest BCUT2D eigenvalue weighted by atomic mass is 10.2. The summed E-state index contributed by atoms with van der Waals surface area (Å²) in [6, 6.07) is 15.6. The SMILES string of the molecule is Cc1ccc(-n2c(N)c(C(=O)NCC(C)C)c3nc4ccccc4nc32)cc1. The lowest BCUT2D eigenvalue weighted by molar-refractivity contribution is 0.0951. The minimum absolute atomic E-state index is 0.230. The summed E-state index contributed by atoms with van der Waals surface area (Å²) in [6.45, 7) is 6.69. The number of nitrogens with zero attached hydrogens (tertiary/aromatic N) is 3. The Hall–Kier alpha value is -3.41. The molecule has 0 spiro atoms. The van der Waals surface area contributed by atoms with Crippen molar-refractivity contribution >= 4 is 33.9 Å². The number of hydrogen-bond acceptors (Lipinski definition) is 4. The van der Waals surface area contributed by atoms with E-state index in [2.05, 4.69) is 5.32 Å². The van der Waals surface area contributed by atoms with E-state index in [1.807, 2.05) is 69.3 Å². The maximum absolute atomic E-state index is 12.9. The van der Waals surface area contributed by atoms with Crippen LogP contribution in [0, 0.1) is 12.8 Å². The van der Waals surface area contributed by atoms with Gasteiger partial charge in [-0.25, -0.2) is 9.97 Å². The Labute approximate surface area is 163 Å². The second kappa shape index (κ2) is 6.96. The van der Waals surface area contributed by atoms with Crippen LogP contribution in [0.2, 0.25) is 0 Å². The predicted octanol–water partition coefficient (Wildman–Crippen LogP) is 3.85. The van der Waals surface area contributed by atoms with Gasteiger partial charge in [0.1, 0.15) is 16.9 Å². The molecule has 0 aliphatic rings. The molecule has 6 nitrogen and oxygen atoms in total. The third-order valence-corrected chi connectivity index (χ3v) is 4.69. The number of carbonyl (C=O) groups is 1. The van der Waals surface area contributed by atoms with Gasteiger partial charge in [0, 0.05) is 12.2 Å². The highest BCUT2D eigenvalue weighted by Crippen LogP contribution is 2.31. The summed E-state index contributed by atoms with van der Waals surface area (Å²) in [6.07, 6.45) is 0. The number of nitrogens with one attached hydrogen (secondary N) is 1. The standard InChI is InChI=1S/C22H23N5O/c1-13(2)12-24-22(28)18-19-21(26-17-7-5-4-6-16(17)25-19)27(20(18)23)15-10-8-14(3)9-11-15/h4-11,13H,12,23H2,1-3H3,(H,24,28). The van der Waals surface area contributed by atoms with Gasteiger partial charge in [-0.3, -0.25) is 9.36 Å². The Morgan fingerprint density at radius 2 is 1.71 bits per heavy atom. The molecule has 3 N–H and O–H groups in total.